The van der Waals surface area contributed by atoms with Crippen molar-refractivity contribution in [3.05, 3.63) is 29.6 Å². The molecule has 0 spiro atoms. The van der Waals surface area contributed by atoms with Crippen LogP contribution in [0.15, 0.2) is 23.1 Å². The summed E-state index contributed by atoms with van der Waals surface area (Å²) in [7, 11) is -2.93. The topological polar surface area (TPSA) is 98.5 Å². The molecule has 1 atom stereocenters. The van der Waals surface area contributed by atoms with Crippen molar-refractivity contribution in [3.8, 4) is 0 Å². The summed E-state index contributed by atoms with van der Waals surface area (Å²) in [5.41, 5.74) is 5.35. The lowest BCUT2D eigenvalue weighted by atomic mass is 10.2. The van der Waals surface area contributed by atoms with E-state index in [1.165, 1.54) is 0 Å². The Bertz CT molecular complexity index is 644. The summed E-state index contributed by atoms with van der Waals surface area (Å²) in [6.07, 6.45) is 1.80. The third-order valence-corrected chi connectivity index (χ3v) is 4.92. The fraction of sp³-hybridized carbons (Fsp3) is 0.462. The molecule has 8 heteroatoms. The number of nitrogens with two attached hydrogens (primary N) is 1. The Hall–Kier alpha value is -1.51. The highest BCUT2D eigenvalue weighted by Gasteiger charge is 2.34. The van der Waals surface area contributed by atoms with Gasteiger partial charge in [0.05, 0.1) is 17.6 Å². The number of nitrogens with one attached hydrogen (secondary N) is 1. The molecule has 0 saturated heterocycles. The first-order valence-electron chi connectivity index (χ1n) is 6.49. The van der Waals surface area contributed by atoms with E-state index in [0.29, 0.717) is 0 Å². The van der Waals surface area contributed by atoms with E-state index in [2.05, 4.69) is 9.46 Å². The first-order chi connectivity index (χ1) is 9.89. The third-order valence-electron chi connectivity index (χ3n) is 3.39. The number of sulfonamides is 1. The van der Waals surface area contributed by atoms with E-state index in [4.69, 9.17) is 5.73 Å². The van der Waals surface area contributed by atoms with Crippen LogP contribution in [0.2, 0.25) is 0 Å². The zero-order valence-corrected chi connectivity index (χ0v) is 12.3. The Morgan fingerprint density at radius 1 is 1.52 bits per heavy atom. The minimum absolute atomic E-state index is 0.146. The molecule has 1 unspecified atom stereocenters. The standard InChI is InChI=1S/C13H17FN2O4S/c1-20-13(17)10-5-4-9(14)6-12(10)21(18,19)16-11(7-15)8-2-3-8/h4-6,8,11,16H,2-3,7,15H2,1H3. The SMILES string of the molecule is COC(=O)c1ccc(F)cc1S(=O)(=O)NC(CN)C1CC1. The Labute approximate surface area is 122 Å². The highest BCUT2D eigenvalue weighted by atomic mass is 32.2. The van der Waals surface area contributed by atoms with E-state index >= 15 is 0 Å². The van der Waals surface area contributed by atoms with Crippen molar-refractivity contribution in [3.63, 3.8) is 0 Å². The summed E-state index contributed by atoms with van der Waals surface area (Å²) in [4.78, 5) is 11.2. The Morgan fingerprint density at radius 2 is 2.19 bits per heavy atom. The van der Waals surface area contributed by atoms with Gasteiger partial charge in [0.15, 0.2) is 0 Å². The van der Waals surface area contributed by atoms with E-state index < -0.39 is 32.7 Å². The van der Waals surface area contributed by atoms with Crippen LogP contribution in [0.3, 0.4) is 0 Å². The minimum Gasteiger partial charge on any atom is -0.465 e. The van der Waals surface area contributed by atoms with Gasteiger partial charge in [-0.15, -0.1) is 0 Å². The lowest BCUT2D eigenvalue weighted by Crippen LogP contribution is -2.42. The quantitative estimate of drug-likeness (QED) is 0.750. The number of carbonyl (C=O) groups is 1. The molecule has 1 aliphatic carbocycles. The molecule has 0 amide bonds. The molecule has 1 saturated carbocycles. The van der Waals surface area contributed by atoms with Gasteiger partial charge in [0.2, 0.25) is 10.0 Å². The van der Waals surface area contributed by atoms with Crippen LogP contribution in [0.25, 0.3) is 0 Å². The summed E-state index contributed by atoms with van der Waals surface area (Å²) in [6.45, 7) is 0.146. The molecule has 1 aromatic carbocycles. The van der Waals surface area contributed by atoms with Gasteiger partial charge in [0.1, 0.15) is 5.82 Å². The second-order valence-electron chi connectivity index (χ2n) is 4.93. The fourth-order valence-electron chi connectivity index (χ4n) is 2.10. The highest BCUT2D eigenvalue weighted by molar-refractivity contribution is 7.89. The number of hydrogen-bond donors (Lipinski definition) is 2. The normalized spacial score (nSPS) is 16.5. The molecule has 0 bridgehead atoms. The molecule has 1 aromatic rings. The summed E-state index contributed by atoms with van der Waals surface area (Å²) >= 11 is 0. The average Bonchev–Trinajstić information content (AvgIpc) is 3.28. The molecule has 6 nitrogen and oxygen atoms in total. The number of halogens is 1. The van der Waals surface area contributed by atoms with E-state index in [1.54, 1.807) is 0 Å². The number of ether oxygens (including phenoxy) is 1. The molecule has 0 aliphatic heterocycles. The fourth-order valence-corrected chi connectivity index (χ4v) is 3.62. The largest absolute Gasteiger partial charge is 0.465 e. The van der Waals surface area contributed by atoms with E-state index in [0.717, 1.165) is 38.2 Å². The maximum Gasteiger partial charge on any atom is 0.339 e. The number of hydrogen-bond acceptors (Lipinski definition) is 5. The molecule has 0 heterocycles. The minimum atomic E-state index is -4.06. The van der Waals surface area contributed by atoms with Gasteiger partial charge in [-0.25, -0.2) is 22.3 Å². The van der Waals surface area contributed by atoms with Gasteiger partial charge in [0, 0.05) is 12.6 Å². The summed E-state index contributed by atoms with van der Waals surface area (Å²) < 4.78 is 45.1. The highest BCUT2D eigenvalue weighted by Crippen LogP contribution is 2.33. The van der Waals surface area contributed by atoms with Crippen LogP contribution in [-0.2, 0) is 14.8 Å². The second-order valence-corrected chi connectivity index (χ2v) is 6.62. The number of rotatable bonds is 6. The molecule has 21 heavy (non-hydrogen) atoms. The van der Waals surface area contributed by atoms with Crippen molar-refractivity contribution in [1.29, 1.82) is 0 Å². The number of carbonyl (C=O) groups excluding carboxylic acids is 1. The van der Waals surface area contributed by atoms with Crippen LogP contribution >= 0.6 is 0 Å². The Morgan fingerprint density at radius 3 is 2.71 bits per heavy atom. The molecule has 2 rings (SSSR count). The van der Waals surface area contributed by atoms with Crippen LogP contribution in [0.1, 0.15) is 23.2 Å². The summed E-state index contributed by atoms with van der Waals surface area (Å²) in [5.74, 6) is -1.40. The van der Waals surface area contributed by atoms with Gasteiger partial charge in [-0.2, -0.15) is 0 Å². The zero-order valence-electron chi connectivity index (χ0n) is 11.5. The van der Waals surface area contributed by atoms with Gasteiger partial charge in [-0.05, 0) is 37.0 Å². The Balaban J connectivity index is 2.38. The maximum absolute atomic E-state index is 13.4. The van der Waals surface area contributed by atoms with Crippen molar-refractivity contribution in [2.75, 3.05) is 13.7 Å². The second kappa shape index (κ2) is 6.08. The molecule has 116 valence electrons. The number of benzene rings is 1. The predicted octanol–water partition coefficient (Wildman–Crippen LogP) is 0.628. The van der Waals surface area contributed by atoms with Gasteiger partial charge >= 0.3 is 5.97 Å². The maximum atomic E-state index is 13.4. The van der Waals surface area contributed by atoms with E-state index in [9.17, 15) is 17.6 Å². The summed E-state index contributed by atoms with van der Waals surface area (Å²) in [6, 6.07) is 2.48. The van der Waals surface area contributed by atoms with Crippen molar-refractivity contribution in [2.24, 2.45) is 11.7 Å². The lowest BCUT2D eigenvalue weighted by Gasteiger charge is -2.17. The first-order valence-corrected chi connectivity index (χ1v) is 7.97. The molecular weight excluding hydrogens is 299 g/mol. The molecule has 1 aliphatic rings. The van der Waals surface area contributed by atoms with Crippen molar-refractivity contribution in [2.45, 2.75) is 23.8 Å². The first kappa shape index (κ1) is 15.9. The van der Waals surface area contributed by atoms with Gasteiger partial charge in [-0.3, -0.25) is 0 Å². The zero-order chi connectivity index (χ0) is 15.6. The van der Waals surface area contributed by atoms with Gasteiger partial charge in [-0.1, -0.05) is 0 Å². The van der Waals surface area contributed by atoms with Gasteiger partial charge < -0.3 is 10.5 Å². The van der Waals surface area contributed by atoms with E-state index in [-0.39, 0.29) is 18.0 Å². The predicted molar refractivity (Wildman–Crippen MR) is 73.6 cm³/mol. The molecule has 0 radical (unpaired) electrons. The van der Waals surface area contributed by atoms with Crippen LogP contribution in [0.5, 0.6) is 0 Å². The van der Waals surface area contributed by atoms with Gasteiger partial charge in [0.25, 0.3) is 0 Å². The van der Waals surface area contributed by atoms with Crippen LogP contribution in [0, 0.1) is 11.7 Å². The molecule has 1 fully saturated rings. The third kappa shape index (κ3) is 3.58. The summed E-state index contributed by atoms with van der Waals surface area (Å²) in [5, 5.41) is 0. The van der Waals surface area contributed by atoms with Crippen molar-refractivity contribution in [1.82, 2.24) is 4.72 Å². The monoisotopic (exact) mass is 316 g/mol. The Kier molecular flexibility index (Phi) is 4.60. The smallest absolute Gasteiger partial charge is 0.339 e. The molecule has 0 aromatic heterocycles. The number of esters is 1. The average molecular weight is 316 g/mol. The van der Waals surface area contributed by atoms with Crippen LogP contribution in [0.4, 0.5) is 4.39 Å². The van der Waals surface area contributed by atoms with Crippen LogP contribution in [-0.4, -0.2) is 34.1 Å². The molecular formula is C13H17FN2O4S. The lowest BCUT2D eigenvalue weighted by molar-refractivity contribution is 0.0596. The van der Waals surface area contributed by atoms with Crippen LogP contribution < -0.4 is 10.5 Å². The number of methoxy groups -OCH3 is 1. The van der Waals surface area contributed by atoms with Crippen molar-refractivity contribution < 1.29 is 22.3 Å². The molecule has 3 N–H and O–H groups in total. The van der Waals surface area contributed by atoms with E-state index in [1.807, 2.05) is 0 Å². The van der Waals surface area contributed by atoms with Crippen molar-refractivity contribution >= 4 is 16.0 Å².